The lowest BCUT2D eigenvalue weighted by atomic mass is 9.97. The van der Waals surface area contributed by atoms with Gasteiger partial charge in [-0.1, -0.05) is 0 Å². The van der Waals surface area contributed by atoms with Gasteiger partial charge in [-0.25, -0.2) is 0 Å². The number of benzene rings is 1. The number of hydrogen-bond donors (Lipinski definition) is 1. The second kappa shape index (κ2) is 8.48. The number of hydrogen-bond acceptors (Lipinski definition) is 4. The van der Waals surface area contributed by atoms with Crippen molar-refractivity contribution in [1.29, 1.82) is 0 Å². The van der Waals surface area contributed by atoms with Crippen molar-refractivity contribution in [2.45, 2.75) is 40.2 Å². The normalized spacial score (nSPS) is 15.7. The van der Waals surface area contributed by atoms with Crippen LogP contribution in [0, 0.1) is 19.8 Å². The average Bonchev–Trinajstić information content (AvgIpc) is 2.94. The topological polar surface area (TPSA) is 67.2 Å². The van der Waals surface area contributed by atoms with E-state index in [-0.39, 0.29) is 11.7 Å². The highest BCUT2D eigenvalue weighted by atomic mass is 16.2. The number of aromatic nitrogens is 2. The molecule has 1 amide bonds. The lowest BCUT2D eigenvalue weighted by Gasteiger charge is -2.31. The van der Waals surface area contributed by atoms with Crippen LogP contribution in [0.4, 0.5) is 5.69 Å². The summed E-state index contributed by atoms with van der Waals surface area (Å²) in [4.78, 5) is 25.8. The number of ketones is 1. The van der Waals surface area contributed by atoms with Crippen LogP contribution < -0.4 is 5.32 Å². The zero-order valence-electron chi connectivity index (χ0n) is 16.4. The van der Waals surface area contributed by atoms with Gasteiger partial charge in [0.15, 0.2) is 5.78 Å². The van der Waals surface area contributed by atoms with Gasteiger partial charge in [0.1, 0.15) is 0 Å². The first-order valence-electron chi connectivity index (χ1n) is 9.55. The van der Waals surface area contributed by atoms with E-state index in [1.165, 1.54) is 12.6 Å². The number of nitrogens with zero attached hydrogens (tertiary/aromatic N) is 3. The minimum Gasteiger partial charge on any atom is -0.325 e. The summed E-state index contributed by atoms with van der Waals surface area (Å²) in [5.74, 6) is 0.625. The van der Waals surface area contributed by atoms with Crippen LogP contribution in [0.25, 0.3) is 0 Å². The van der Waals surface area contributed by atoms with Crippen molar-refractivity contribution in [3.63, 3.8) is 0 Å². The second-order valence-corrected chi connectivity index (χ2v) is 7.51. The van der Waals surface area contributed by atoms with E-state index in [1.54, 1.807) is 24.3 Å². The molecule has 0 spiro atoms. The fourth-order valence-electron chi connectivity index (χ4n) is 3.62. The van der Waals surface area contributed by atoms with Gasteiger partial charge in [0.05, 0.1) is 12.2 Å². The number of likely N-dealkylation sites (tertiary alicyclic amines) is 1. The fourth-order valence-corrected chi connectivity index (χ4v) is 3.62. The summed E-state index contributed by atoms with van der Waals surface area (Å²) in [6.07, 6.45) is 2.16. The molecule has 1 aliphatic heterocycles. The first-order chi connectivity index (χ1) is 12.9. The monoisotopic (exact) mass is 368 g/mol. The fraction of sp³-hybridized carbons (Fsp3) is 0.476. The highest BCUT2D eigenvalue weighted by Gasteiger charge is 2.22. The van der Waals surface area contributed by atoms with Gasteiger partial charge in [0.2, 0.25) is 5.91 Å². The van der Waals surface area contributed by atoms with Crippen molar-refractivity contribution in [2.75, 3.05) is 25.0 Å². The smallest absolute Gasteiger partial charge is 0.238 e. The van der Waals surface area contributed by atoms with Crippen LogP contribution in [0.5, 0.6) is 0 Å². The molecule has 0 saturated carbocycles. The maximum absolute atomic E-state index is 12.3. The molecule has 0 bridgehead atoms. The largest absolute Gasteiger partial charge is 0.325 e. The minimum atomic E-state index is -0.0115. The molecule has 6 heteroatoms. The highest BCUT2D eigenvalue weighted by Crippen LogP contribution is 2.20. The molecule has 0 radical (unpaired) electrons. The van der Waals surface area contributed by atoms with Crippen LogP contribution >= 0.6 is 0 Å². The summed E-state index contributed by atoms with van der Waals surface area (Å²) in [7, 11) is 0. The number of nitrogens with one attached hydrogen (secondary N) is 1. The van der Waals surface area contributed by atoms with Gasteiger partial charge in [-0.05, 0) is 83.0 Å². The van der Waals surface area contributed by atoms with Gasteiger partial charge >= 0.3 is 0 Å². The van der Waals surface area contributed by atoms with Gasteiger partial charge in [-0.3, -0.25) is 19.2 Å². The molecule has 0 atom stereocenters. The third-order valence-electron chi connectivity index (χ3n) is 5.18. The predicted octanol–water partition coefficient (Wildman–Crippen LogP) is 3.05. The molecule has 2 heterocycles. The van der Waals surface area contributed by atoms with Gasteiger partial charge < -0.3 is 5.32 Å². The van der Waals surface area contributed by atoms with Gasteiger partial charge in [-0.15, -0.1) is 0 Å². The number of carbonyl (C=O) groups is 2. The molecule has 27 heavy (non-hydrogen) atoms. The van der Waals surface area contributed by atoms with E-state index in [9.17, 15) is 9.59 Å². The summed E-state index contributed by atoms with van der Waals surface area (Å²) in [6, 6.07) is 9.14. The Labute approximate surface area is 160 Å². The van der Waals surface area contributed by atoms with Gasteiger partial charge in [-0.2, -0.15) is 5.10 Å². The molecule has 6 nitrogen and oxygen atoms in total. The number of piperidine rings is 1. The molecular weight excluding hydrogens is 340 g/mol. The third kappa shape index (κ3) is 5.26. The van der Waals surface area contributed by atoms with Crippen molar-refractivity contribution in [2.24, 2.45) is 5.92 Å². The molecule has 0 aliphatic carbocycles. The Bertz CT molecular complexity index is 802. The Morgan fingerprint density at radius 2 is 1.81 bits per heavy atom. The molecule has 1 aromatic carbocycles. The maximum atomic E-state index is 12.3. The van der Waals surface area contributed by atoms with E-state index in [4.69, 9.17) is 0 Å². The Kier molecular flexibility index (Phi) is 6.06. The molecule has 1 aliphatic rings. The summed E-state index contributed by atoms with van der Waals surface area (Å²) in [5.41, 5.74) is 3.66. The molecule has 1 N–H and O–H groups in total. The van der Waals surface area contributed by atoms with Gasteiger partial charge in [0, 0.05) is 23.5 Å². The molecular formula is C21H28N4O2. The minimum absolute atomic E-state index is 0.0115. The molecule has 0 unspecified atom stereocenters. The summed E-state index contributed by atoms with van der Waals surface area (Å²) in [5, 5.41) is 7.46. The van der Waals surface area contributed by atoms with Crippen LogP contribution in [-0.4, -0.2) is 46.0 Å². The SMILES string of the molecule is CC(=O)c1ccc(NC(=O)CN2CCC(Cn3nc(C)cc3C)CC2)cc1. The lowest BCUT2D eigenvalue weighted by molar-refractivity contribution is -0.117. The lowest BCUT2D eigenvalue weighted by Crippen LogP contribution is -2.40. The quantitative estimate of drug-likeness (QED) is 0.796. The summed E-state index contributed by atoms with van der Waals surface area (Å²) >= 11 is 0. The molecule has 2 aromatic rings. The Hall–Kier alpha value is -2.47. The van der Waals surface area contributed by atoms with Crippen molar-refractivity contribution in [3.05, 3.63) is 47.3 Å². The highest BCUT2D eigenvalue weighted by molar-refractivity contribution is 5.96. The van der Waals surface area contributed by atoms with E-state index < -0.39 is 0 Å². The van der Waals surface area contributed by atoms with Gasteiger partial charge in [0.25, 0.3) is 0 Å². The van der Waals surface area contributed by atoms with Crippen molar-refractivity contribution >= 4 is 17.4 Å². The predicted molar refractivity (Wildman–Crippen MR) is 106 cm³/mol. The van der Waals surface area contributed by atoms with E-state index in [2.05, 4.69) is 33.0 Å². The van der Waals surface area contributed by atoms with Crippen LogP contribution in [-0.2, 0) is 11.3 Å². The number of Topliss-reactive ketones (excluding diaryl/α,β-unsaturated/α-hetero) is 1. The summed E-state index contributed by atoms with van der Waals surface area (Å²) in [6.45, 7) is 8.89. The number of amides is 1. The van der Waals surface area contributed by atoms with Crippen LogP contribution in [0.15, 0.2) is 30.3 Å². The van der Waals surface area contributed by atoms with Crippen molar-refractivity contribution in [1.82, 2.24) is 14.7 Å². The van der Waals surface area contributed by atoms with E-state index in [0.717, 1.165) is 43.9 Å². The van der Waals surface area contributed by atoms with Crippen molar-refractivity contribution in [3.8, 4) is 0 Å². The van der Waals surface area contributed by atoms with Crippen molar-refractivity contribution < 1.29 is 9.59 Å². The van der Waals surface area contributed by atoms with Crippen LogP contribution in [0.3, 0.4) is 0 Å². The molecule has 144 valence electrons. The van der Waals surface area contributed by atoms with Crippen LogP contribution in [0.1, 0.15) is 41.5 Å². The molecule has 3 rings (SSSR count). The number of anilines is 1. The molecule has 1 aromatic heterocycles. The average molecular weight is 368 g/mol. The standard InChI is InChI=1S/C21H28N4O2/c1-15-12-16(2)25(23-15)13-18-8-10-24(11-9-18)14-21(27)22-20-6-4-19(5-7-20)17(3)26/h4-7,12,18H,8-11,13-14H2,1-3H3,(H,22,27). The first-order valence-corrected chi connectivity index (χ1v) is 9.55. The molecule has 1 fully saturated rings. The first kappa shape index (κ1) is 19.3. The Morgan fingerprint density at radius 3 is 2.37 bits per heavy atom. The Morgan fingerprint density at radius 1 is 1.15 bits per heavy atom. The molecule has 1 saturated heterocycles. The maximum Gasteiger partial charge on any atom is 0.238 e. The Balaban J connectivity index is 1.43. The second-order valence-electron chi connectivity index (χ2n) is 7.51. The van der Waals surface area contributed by atoms with E-state index in [1.807, 2.05) is 6.92 Å². The number of carbonyl (C=O) groups excluding carboxylic acids is 2. The summed E-state index contributed by atoms with van der Waals surface area (Å²) < 4.78 is 2.10. The zero-order valence-corrected chi connectivity index (χ0v) is 16.4. The number of rotatable bonds is 6. The van der Waals surface area contributed by atoms with Crippen LogP contribution in [0.2, 0.25) is 0 Å². The third-order valence-corrected chi connectivity index (χ3v) is 5.18. The zero-order chi connectivity index (χ0) is 19.4. The number of aryl methyl sites for hydroxylation is 2. The van der Waals surface area contributed by atoms with E-state index >= 15 is 0 Å². The van der Waals surface area contributed by atoms with E-state index in [0.29, 0.717) is 18.0 Å².